The molecule has 238 valence electrons. The second-order valence-electron chi connectivity index (χ2n) is 10.1. The van der Waals surface area contributed by atoms with E-state index in [-0.39, 0.29) is 18.9 Å². The minimum atomic E-state index is -1.88. The van der Waals surface area contributed by atoms with Crippen molar-refractivity contribution in [3.63, 3.8) is 0 Å². The van der Waals surface area contributed by atoms with Gasteiger partial charge in [0.2, 0.25) is 17.7 Å². The third-order valence-corrected chi connectivity index (χ3v) is 5.86. The molecule has 8 N–H and O–H groups in total. The number of carboxylic acid groups (broad SMARTS) is 3. The number of rotatable bonds is 18. The summed E-state index contributed by atoms with van der Waals surface area (Å²) < 4.78 is 5.16. The van der Waals surface area contributed by atoms with Gasteiger partial charge >= 0.3 is 24.0 Å². The molecule has 0 aromatic heterocycles. The Hall–Kier alpha value is -4.73. The maximum absolute atomic E-state index is 13.2. The van der Waals surface area contributed by atoms with Crippen molar-refractivity contribution in [2.75, 3.05) is 0 Å². The van der Waals surface area contributed by atoms with Gasteiger partial charge in [0.15, 0.2) is 0 Å². The van der Waals surface area contributed by atoms with Gasteiger partial charge in [0.05, 0.1) is 12.5 Å². The summed E-state index contributed by atoms with van der Waals surface area (Å²) in [6.45, 7) is 4.55. The van der Waals surface area contributed by atoms with Gasteiger partial charge in [-0.15, -0.1) is 0 Å². The highest BCUT2D eigenvalue weighted by Gasteiger charge is 2.34. The molecular weight excluding hydrogens is 572 g/mol. The first kappa shape index (κ1) is 36.3. The number of benzene rings is 1. The molecule has 0 saturated carbocycles. The molecule has 4 amide bonds. The molecule has 0 spiro atoms. The number of aliphatic hydroxyl groups excluding tert-OH is 1. The maximum atomic E-state index is 13.2. The zero-order valence-electron chi connectivity index (χ0n) is 23.9. The fourth-order valence-corrected chi connectivity index (χ4v) is 3.71. The third-order valence-electron chi connectivity index (χ3n) is 5.86. The van der Waals surface area contributed by atoms with Crippen molar-refractivity contribution in [1.29, 1.82) is 0 Å². The Bertz CT molecular complexity index is 1140. The van der Waals surface area contributed by atoms with E-state index in [9.17, 15) is 43.8 Å². The van der Waals surface area contributed by atoms with Gasteiger partial charge < -0.3 is 46.4 Å². The van der Waals surface area contributed by atoms with E-state index in [1.54, 1.807) is 44.2 Å². The van der Waals surface area contributed by atoms with Gasteiger partial charge in [-0.25, -0.2) is 9.59 Å². The number of carbonyl (C=O) groups excluding carboxylic acids is 4. The summed E-state index contributed by atoms with van der Waals surface area (Å²) in [7, 11) is 0. The van der Waals surface area contributed by atoms with Crippen LogP contribution >= 0.6 is 0 Å². The summed E-state index contributed by atoms with van der Waals surface area (Å²) in [6.07, 6.45) is -4.46. The van der Waals surface area contributed by atoms with Gasteiger partial charge in [-0.3, -0.25) is 24.0 Å². The van der Waals surface area contributed by atoms with E-state index >= 15 is 0 Å². The number of aliphatic carboxylic acids is 3. The molecule has 1 aromatic rings. The molecular formula is C27H38N4O12. The zero-order valence-corrected chi connectivity index (χ0v) is 23.9. The molecule has 0 aliphatic carbocycles. The van der Waals surface area contributed by atoms with Crippen LogP contribution in [0.4, 0.5) is 4.79 Å². The molecule has 0 unspecified atom stereocenters. The van der Waals surface area contributed by atoms with Gasteiger partial charge in [-0.05, 0) is 31.2 Å². The van der Waals surface area contributed by atoms with E-state index in [1.165, 1.54) is 0 Å². The van der Waals surface area contributed by atoms with Gasteiger partial charge in [0, 0.05) is 6.42 Å². The van der Waals surface area contributed by atoms with Crippen molar-refractivity contribution in [3.05, 3.63) is 35.9 Å². The fourth-order valence-electron chi connectivity index (χ4n) is 3.71. The molecule has 0 aliphatic heterocycles. The summed E-state index contributed by atoms with van der Waals surface area (Å²) in [5.74, 6) is -7.83. The fraction of sp³-hybridized carbons (Fsp3) is 0.519. The molecule has 1 rings (SSSR count). The highest BCUT2D eigenvalue weighted by molar-refractivity contribution is 5.95. The van der Waals surface area contributed by atoms with Crippen molar-refractivity contribution in [1.82, 2.24) is 21.3 Å². The standard InChI is InChI=1S/C27H38N4O12/c1-14(2)11-18(30-27(42)43-13-16-7-5-4-6-8-16)24(38)28-17(9-10-20(33)34)23(37)31-22(15(3)32)25(39)29-19(26(40)41)12-21(35)36/h4-8,14-15,17-19,22,32H,9-13H2,1-3H3,(H,28,38)(H,29,39)(H,30,42)(H,31,37)(H,33,34)(H,35,36)(H,40,41)/t15-,17+,18+,19+,22+/m1/s1. The van der Waals surface area contributed by atoms with Crippen molar-refractivity contribution in [3.8, 4) is 0 Å². The Morgan fingerprint density at radius 1 is 0.744 bits per heavy atom. The number of ether oxygens (including phenoxy) is 1. The molecule has 0 radical (unpaired) electrons. The predicted molar refractivity (Wildman–Crippen MR) is 147 cm³/mol. The highest BCUT2D eigenvalue weighted by Crippen LogP contribution is 2.09. The van der Waals surface area contributed by atoms with E-state index < -0.39 is 91.3 Å². The van der Waals surface area contributed by atoms with Crippen LogP contribution in [-0.4, -0.2) is 92.4 Å². The second kappa shape index (κ2) is 17.9. The first-order valence-electron chi connectivity index (χ1n) is 13.3. The van der Waals surface area contributed by atoms with Crippen LogP contribution in [0.5, 0.6) is 0 Å². The second-order valence-corrected chi connectivity index (χ2v) is 10.1. The van der Waals surface area contributed by atoms with Gasteiger partial charge in [-0.1, -0.05) is 44.2 Å². The van der Waals surface area contributed by atoms with Crippen LogP contribution in [0.15, 0.2) is 30.3 Å². The Balaban J connectivity index is 3.06. The Morgan fingerprint density at radius 3 is 1.84 bits per heavy atom. The van der Waals surface area contributed by atoms with Crippen LogP contribution in [0.1, 0.15) is 52.0 Å². The lowest BCUT2D eigenvalue weighted by molar-refractivity contribution is -0.148. The van der Waals surface area contributed by atoms with E-state index in [1.807, 2.05) is 5.32 Å². The molecule has 16 heteroatoms. The maximum Gasteiger partial charge on any atom is 0.408 e. The average Bonchev–Trinajstić information content (AvgIpc) is 2.91. The summed E-state index contributed by atoms with van der Waals surface area (Å²) in [6, 6.07) is 2.29. The van der Waals surface area contributed by atoms with Gasteiger partial charge in [0.1, 0.15) is 30.8 Å². The molecule has 43 heavy (non-hydrogen) atoms. The molecule has 16 nitrogen and oxygen atoms in total. The SMILES string of the molecule is CC(C)C[C@H](NC(=O)OCc1ccccc1)C(=O)N[C@@H](CCC(=O)O)C(=O)N[C@H](C(=O)N[C@@H](CC(=O)O)C(=O)O)[C@@H](C)O. The van der Waals surface area contributed by atoms with Crippen molar-refractivity contribution < 1.29 is 58.7 Å². The van der Waals surface area contributed by atoms with E-state index in [2.05, 4.69) is 16.0 Å². The molecule has 1 aromatic carbocycles. The number of alkyl carbamates (subject to hydrolysis) is 1. The van der Waals surface area contributed by atoms with Crippen LogP contribution in [0, 0.1) is 5.92 Å². The Labute approximate surface area is 247 Å². The summed E-state index contributed by atoms with van der Waals surface area (Å²) in [4.78, 5) is 84.8. The van der Waals surface area contributed by atoms with Crippen LogP contribution in [-0.2, 0) is 40.1 Å². The largest absolute Gasteiger partial charge is 0.481 e. The quantitative estimate of drug-likeness (QED) is 0.105. The van der Waals surface area contributed by atoms with Crippen LogP contribution in [0.25, 0.3) is 0 Å². The van der Waals surface area contributed by atoms with Crippen LogP contribution in [0.3, 0.4) is 0 Å². The minimum absolute atomic E-state index is 0.0790. The van der Waals surface area contributed by atoms with Gasteiger partial charge in [-0.2, -0.15) is 0 Å². The van der Waals surface area contributed by atoms with Crippen molar-refractivity contribution >= 4 is 41.7 Å². The summed E-state index contributed by atoms with van der Waals surface area (Å²) in [5.41, 5.74) is 0.697. The topological polar surface area (TPSA) is 258 Å². The Morgan fingerprint density at radius 2 is 1.33 bits per heavy atom. The zero-order chi connectivity index (χ0) is 32.7. The molecule has 5 atom stereocenters. The molecule has 0 heterocycles. The van der Waals surface area contributed by atoms with Gasteiger partial charge in [0.25, 0.3) is 0 Å². The molecule has 0 fully saturated rings. The average molecular weight is 611 g/mol. The van der Waals surface area contributed by atoms with Crippen LogP contribution in [0.2, 0.25) is 0 Å². The van der Waals surface area contributed by atoms with Crippen LogP contribution < -0.4 is 21.3 Å². The number of hydrogen-bond donors (Lipinski definition) is 8. The summed E-state index contributed by atoms with van der Waals surface area (Å²) >= 11 is 0. The lowest BCUT2D eigenvalue weighted by atomic mass is 10.0. The Kier molecular flexibility index (Phi) is 15.1. The number of carboxylic acids is 3. The number of carbonyl (C=O) groups is 7. The minimum Gasteiger partial charge on any atom is -0.481 e. The van der Waals surface area contributed by atoms with E-state index in [4.69, 9.17) is 14.9 Å². The van der Waals surface area contributed by atoms with E-state index in [0.29, 0.717) is 5.56 Å². The monoisotopic (exact) mass is 610 g/mol. The summed E-state index contributed by atoms with van der Waals surface area (Å²) in [5, 5.41) is 46.1. The molecule has 0 aliphatic rings. The smallest absolute Gasteiger partial charge is 0.408 e. The lowest BCUT2D eigenvalue weighted by Crippen LogP contribution is -2.60. The van der Waals surface area contributed by atoms with Crippen molar-refractivity contribution in [2.45, 2.75) is 83.3 Å². The number of nitrogens with one attached hydrogen (secondary N) is 4. The lowest BCUT2D eigenvalue weighted by Gasteiger charge is -2.27. The number of amides is 4. The molecule has 0 bridgehead atoms. The normalized spacial score (nSPS) is 14.3. The number of aliphatic hydroxyl groups is 1. The van der Waals surface area contributed by atoms with E-state index in [0.717, 1.165) is 6.92 Å². The number of hydrogen-bond acceptors (Lipinski definition) is 9. The van der Waals surface area contributed by atoms with Crippen molar-refractivity contribution in [2.24, 2.45) is 5.92 Å². The predicted octanol–water partition coefficient (Wildman–Crippen LogP) is -0.413. The first-order valence-corrected chi connectivity index (χ1v) is 13.3. The highest BCUT2D eigenvalue weighted by atomic mass is 16.5. The first-order chi connectivity index (χ1) is 20.1. The molecule has 0 saturated heterocycles. The third kappa shape index (κ3) is 14.1.